The number of carbonyl (C=O) groups excluding carboxylic acids is 2. The first kappa shape index (κ1) is 12.6. The zero-order chi connectivity index (χ0) is 12.6. The maximum atomic E-state index is 12.3. The van der Waals surface area contributed by atoms with E-state index >= 15 is 0 Å². The molecule has 0 aromatic rings. The molecule has 2 fully saturated rings. The Morgan fingerprint density at radius 3 is 2.59 bits per heavy atom. The summed E-state index contributed by atoms with van der Waals surface area (Å²) in [6, 6.07) is 0. The second kappa shape index (κ2) is 4.41. The van der Waals surface area contributed by atoms with Gasteiger partial charge in [-0.1, -0.05) is 13.8 Å². The number of hydrogen-bond acceptors (Lipinski definition) is 3. The van der Waals surface area contributed by atoms with Gasteiger partial charge in [-0.25, -0.2) is 0 Å². The minimum absolute atomic E-state index is 0.143. The molecule has 0 aliphatic carbocycles. The normalized spacial score (nSPS) is 29.7. The molecule has 0 aromatic heterocycles. The fourth-order valence-electron chi connectivity index (χ4n) is 2.80. The van der Waals surface area contributed by atoms with E-state index in [9.17, 15) is 9.59 Å². The van der Waals surface area contributed by atoms with Crippen LogP contribution in [0.4, 0.5) is 0 Å². The average Bonchev–Trinajstić information content (AvgIpc) is 2.68. The maximum Gasteiger partial charge on any atom is 0.227 e. The van der Waals surface area contributed by atoms with Crippen LogP contribution in [0.5, 0.6) is 0 Å². The van der Waals surface area contributed by atoms with Gasteiger partial charge in [0.15, 0.2) is 0 Å². The van der Waals surface area contributed by atoms with Crippen LogP contribution in [0.2, 0.25) is 0 Å². The molecule has 2 saturated heterocycles. The van der Waals surface area contributed by atoms with Gasteiger partial charge in [0.2, 0.25) is 5.91 Å². The number of ketones is 1. The molecule has 0 spiro atoms. The van der Waals surface area contributed by atoms with E-state index in [1.54, 1.807) is 0 Å². The van der Waals surface area contributed by atoms with Gasteiger partial charge in [0, 0.05) is 31.5 Å². The van der Waals surface area contributed by atoms with Gasteiger partial charge in [0.05, 0.1) is 5.92 Å². The lowest BCUT2D eigenvalue weighted by atomic mass is 9.82. The second-order valence-electron chi connectivity index (χ2n) is 6.06. The number of carbonyl (C=O) groups is 2. The molecule has 4 nitrogen and oxygen atoms in total. The van der Waals surface area contributed by atoms with Gasteiger partial charge in [-0.3, -0.25) is 9.59 Å². The summed E-state index contributed by atoms with van der Waals surface area (Å²) < 4.78 is 0. The molecule has 0 radical (unpaired) electrons. The van der Waals surface area contributed by atoms with E-state index in [0.29, 0.717) is 19.5 Å². The van der Waals surface area contributed by atoms with Crippen LogP contribution in [-0.2, 0) is 9.59 Å². The highest BCUT2D eigenvalue weighted by Crippen LogP contribution is 2.27. The van der Waals surface area contributed by atoms with Crippen LogP contribution in [0, 0.1) is 11.3 Å². The summed E-state index contributed by atoms with van der Waals surface area (Å²) in [7, 11) is 2.05. The van der Waals surface area contributed by atoms with E-state index in [0.717, 1.165) is 19.5 Å². The van der Waals surface area contributed by atoms with Crippen molar-refractivity contribution in [3.63, 3.8) is 0 Å². The van der Waals surface area contributed by atoms with Crippen LogP contribution >= 0.6 is 0 Å². The molecule has 0 saturated carbocycles. The highest BCUT2D eigenvalue weighted by molar-refractivity contribution is 5.88. The number of hydrogen-bond donors (Lipinski definition) is 0. The van der Waals surface area contributed by atoms with Gasteiger partial charge in [0.25, 0.3) is 0 Å². The van der Waals surface area contributed by atoms with Crippen LogP contribution in [-0.4, -0.2) is 54.7 Å². The molecule has 4 heteroatoms. The summed E-state index contributed by atoms with van der Waals surface area (Å²) in [6.45, 7) is 6.95. The fraction of sp³-hybridized carbons (Fsp3) is 0.846. The molecule has 2 rings (SSSR count). The number of likely N-dealkylation sites (tertiary alicyclic amines) is 2. The SMILES string of the molecule is CN1CCC(C(=O)N2CCC(=O)C(C)(C)C2)C1. The standard InChI is InChI=1S/C13H22N2O2/c1-13(2)9-15(7-5-11(13)16)12(17)10-4-6-14(3)8-10/h10H,4-9H2,1-3H3. The molecule has 2 aliphatic rings. The lowest BCUT2D eigenvalue weighted by molar-refractivity contribution is -0.143. The molecular weight excluding hydrogens is 216 g/mol. The molecule has 17 heavy (non-hydrogen) atoms. The summed E-state index contributed by atoms with van der Waals surface area (Å²) in [4.78, 5) is 28.1. The van der Waals surface area contributed by atoms with Crippen molar-refractivity contribution in [1.82, 2.24) is 9.80 Å². The van der Waals surface area contributed by atoms with Gasteiger partial charge in [-0.15, -0.1) is 0 Å². The summed E-state index contributed by atoms with van der Waals surface area (Å²) in [5, 5.41) is 0. The first-order chi connectivity index (χ1) is 7.90. The molecule has 0 N–H and O–H groups in total. The predicted molar refractivity (Wildman–Crippen MR) is 65.6 cm³/mol. The van der Waals surface area contributed by atoms with Crippen LogP contribution < -0.4 is 0 Å². The minimum Gasteiger partial charge on any atom is -0.341 e. The number of nitrogens with zero attached hydrogens (tertiary/aromatic N) is 2. The number of rotatable bonds is 1. The summed E-state index contributed by atoms with van der Waals surface area (Å²) in [6.07, 6.45) is 1.47. The Hall–Kier alpha value is -0.900. The second-order valence-corrected chi connectivity index (χ2v) is 6.06. The summed E-state index contributed by atoms with van der Waals surface area (Å²) in [5.41, 5.74) is -0.363. The van der Waals surface area contributed by atoms with E-state index in [2.05, 4.69) is 11.9 Å². The molecule has 1 unspecified atom stereocenters. The third-order valence-electron chi connectivity index (χ3n) is 4.00. The van der Waals surface area contributed by atoms with E-state index in [1.165, 1.54) is 0 Å². The first-order valence-electron chi connectivity index (χ1n) is 6.41. The van der Waals surface area contributed by atoms with Gasteiger partial charge in [-0.05, 0) is 20.0 Å². The van der Waals surface area contributed by atoms with Crippen LogP contribution in [0.15, 0.2) is 0 Å². The van der Waals surface area contributed by atoms with Crippen molar-refractivity contribution < 1.29 is 9.59 Å². The Morgan fingerprint density at radius 1 is 1.35 bits per heavy atom. The smallest absolute Gasteiger partial charge is 0.227 e. The van der Waals surface area contributed by atoms with E-state index in [1.807, 2.05) is 18.7 Å². The molecule has 1 amide bonds. The number of piperidine rings is 1. The largest absolute Gasteiger partial charge is 0.341 e. The Balaban J connectivity index is 1.99. The van der Waals surface area contributed by atoms with Crippen molar-refractivity contribution >= 4 is 11.7 Å². The van der Waals surface area contributed by atoms with Crippen molar-refractivity contribution in [2.75, 3.05) is 33.2 Å². The van der Waals surface area contributed by atoms with E-state index in [-0.39, 0.29) is 23.0 Å². The van der Waals surface area contributed by atoms with Crippen molar-refractivity contribution in [3.8, 4) is 0 Å². The lowest BCUT2D eigenvalue weighted by Gasteiger charge is -2.37. The van der Waals surface area contributed by atoms with Gasteiger partial charge < -0.3 is 9.80 Å². The Morgan fingerprint density at radius 2 is 2.06 bits per heavy atom. The Bertz CT molecular complexity index is 338. The van der Waals surface area contributed by atoms with Crippen LogP contribution in [0.3, 0.4) is 0 Å². The van der Waals surface area contributed by atoms with Gasteiger partial charge in [0.1, 0.15) is 5.78 Å². The molecule has 2 aliphatic heterocycles. The Kier molecular flexibility index (Phi) is 3.25. The fourth-order valence-corrected chi connectivity index (χ4v) is 2.80. The highest BCUT2D eigenvalue weighted by Gasteiger charge is 2.38. The molecule has 0 aromatic carbocycles. The lowest BCUT2D eigenvalue weighted by Crippen LogP contribution is -2.50. The molecular formula is C13H22N2O2. The van der Waals surface area contributed by atoms with E-state index < -0.39 is 0 Å². The topological polar surface area (TPSA) is 40.6 Å². The van der Waals surface area contributed by atoms with Crippen LogP contribution in [0.25, 0.3) is 0 Å². The maximum absolute atomic E-state index is 12.3. The van der Waals surface area contributed by atoms with Gasteiger partial charge in [-0.2, -0.15) is 0 Å². The van der Waals surface area contributed by atoms with Crippen molar-refractivity contribution in [1.29, 1.82) is 0 Å². The summed E-state index contributed by atoms with van der Waals surface area (Å²) >= 11 is 0. The number of Topliss-reactive ketones (excluding diaryl/α,β-unsaturated/α-hetero) is 1. The zero-order valence-electron chi connectivity index (χ0n) is 11.0. The quantitative estimate of drug-likeness (QED) is 0.677. The number of amides is 1. The monoisotopic (exact) mass is 238 g/mol. The van der Waals surface area contributed by atoms with E-state index in [4.69, 9.17) is 0 Å². The predicted octanol–water partition coefficient (Wildman–Crippen LogP) is 0.766. The highest BCUT2D eigenvalue weighted by atomic mass is 16.2. The van der Waals surface area contributed by atoms with Gasteiger partial charge >= 0.3 is 0 Å². The van der Waals surface area contributed by atoms with Crippen molar-refractivity contribution in [2.24, 2.45) is 11.3 Å². The van der Waals surface area contributed by atoms with Crippen LogP contribution in [0.1, 0.15) is 26.7 Å². The first-order valence-corrected chi connectivity index (χ1v) is 6.41. The third kappa shape index (κ3) is 2.51. The molecule has 0 bridgehead atoms. The third-order valence-corrected chi connectivity index (χ3v) is 4.00. The molecule has 2 heterocycles. The molecule has 96 valence electrons. The Labute approximate surface area is 103 Å². The van der Waals surface area contributed by atoms with Crippen molar-refractivity contribution in [3.05, 3.63) is 0 Å². The molecule has 1 atom stereocenters. The summed E-state index contributed by atoms with van der Waals surface area (Å²) in [5.74, 6) is 0.670. The average molecular weight is 238 g/mol. The zero-order valence-corrected chi connectivity index (χ0v) is 11.0. The minimum atomic E-state index is -0.363. The van der Waals surface area contributed by atoms with Crippen molar-refractivity contribution in [2.45, 2.75) is 26.7 Å².